The third-order valence-corrected chi connectivity index (χ3v) is 4.12. The topological polar surface area (TPSA) is 108 Å². The molecule has 154 valence electrons. The first kappa shape index (κ1) is 21.7. The number of carbonyl (C=O) groups excluding carboxylic acids is 2. The molecule has 0 heterocycles. The van der Waals surface area contributed by atoms with Crippen LogP contribution in [0.4, 0.5) is 14.5 Å². The maximum Gasteiger partial charge on any atom is 0.328 e. The summed E-state index contributed by atoms with van der Waals surface area (Å²) in [5.41, 5.74) is -0.403. The van der Waals surface area contributed by atoms with Crippen LogP contribution in [0.3, 0.4) is 0 Å². The van der Waals surface area contributed by atoms with Crippen molar-refractivity contribution >= 4 is 17.6 Å². The molecule has 0 fully saturated rings. The van der Waals surface area contributed by atoms with Crippen LogP contribution in [0.2, 0.25) is 0 Å². The van der Waals surface area contributed by atoms with Crippen molar-refractivity contribution in [1.82, 2.24) is 5.32 Å². The second-order valence-electron chi connectivity index (χ2n) is 5.98. The zero-order chi connectivity index (χ0) is 21.6. The van der Waals surface area contributed by atoms with E-state index in [2.05, 4.69) is 10.1 Å². The molecular formula is C19H18F2N2O6. The summed E-state index contributed by atoms with van der Waals surface area (Å²) in [6, 6.07) is 5.73. The molecule has 29 heavy (non-hydrogen) atoms. The molecule has 1 N–H and O–H groups in total. The van der Waals surface area contributed by atoms with Gasteiger partial charge in [-0.3, -0.25) is 14.9 Å². The van der Waals surface area contributed by atoms with Crippen molar-refractivity contribution in [2.75, 3.05) is 14.2 Å². The van der Waals surface area contributed by atoms with E-state index in [0.717, 1.165) is 25.3 Å². The van der Waals surface area contributed by atoms with Crippen LogP contribution < -0.4 is 10.1 Å². The van der Waals surface area contributed by atoms with Crippen molar-refractivity contribution in [3.05, 3.63) is 69.3 Å². The Kier molecular flexibility index (Phi) is 7.18. The molecule has 0 aliphatic rings. The molecule has 2 aromatic carbocycles. The van der Waals surface area contributed by atoms with Gasteiger partial charge in [0.1, 0.15) is 23.4 Å². The highest BCUT2D eigenvalue weighted by atomic mass is 19.1. The number of amides is 1. The van der Waals surface area contributed by atoms with Gasteiger partial charge in [0.15, 0.2) is 0 Å². The Morgan fingerprint density at radius 1 is 1.17 bits per heavy atom. The van der Waals surface area contributed by atoms with Crippen LogP contribution in [0.15, 0.2) is 36.4 Å². The van der Waals surface area contributed by atoms with E-state index in [-0.39, 0.29) is 23.4 Å². The predicted octanol–water partition coefficient (Wildman–Crippen LogP) is 2.32. The van der Waals surface area contributed by atoms with Crippen molar-refractivity contribution in [3.63, 3.8) is 0 Å². The number of nitro benzene ring substituents is 1. The number of methoxy groups -OCH3 is 2. The van der Waals surface area contributed by atoms with Gasteiger partial charge in [-0.15, -0.1) is 0 Å². The van der Waals surface area contributed by atoms with Gasteiger partial charge in [-0.2, -0.15) is 0 Å². The first-order valence-electron chi connectivity index (χ1n) is 8.38. The van der Waals surface area contributed by atoms with Gasteiger partial charge in [0, 0.05) is 29.7 Å². The Hall–Kier alpha value is -3.56. The van der Waals surface area contributed by atoms with Crippen LogP contribution in [0, 0.1) is 21.7 Å². The summed E-state index contributed by atoms with van der Waals surface area (Å²) < 4.78 is 37.3. The molecule has 0 aliphatic carbocycles. The van der Waals surface area contributed by atoms with Gasteiger partial charge in [-0.05, 0) is 18.2 Å². The van der Waals surface area contributed by atoms with Crippen molar-refractivity contribution in [1.29, 1.82) is 0 Å². The molecule has 2 aromatic rings. The fourth-order valence-electron chi connectivity index (χ4n) is 2.70. The Balaban J connectivity index is 2.24. The van der Waals surface area contributed by atoms with E-state index in [0.29, 0.717) is 0 Å². The molecule has 0 aliphatic heterocycles. The van der Waals surface area contributed by atoms with Crippen LogP contribution in [0.1, 0.15) is 11.1 Å². The third kappa shape index (κ3) is 5.47. The highest BCUT2D eigenvalue weighted by molar-refractivity contribution is 5.86. The molecule has 8 nitrogen and oxygen atoms in total. The number of rotatable bonds is 8. The number of ether oxygens (including phenoxy) is 2. The molecule has 0 spiro atoms. The van der Waals surface area contributed by atoms with Crippen molar-refractivity contribution in [2.24, 2.45) is 0 Å². The molecule has 1 amide bonds. The second kappa shape index (κ2) is 9.58. The Bertz CT molecular complexity index is 915. The molecular weight excluding hydrogens is 390 g/mol. The van der Waals surface area contributed by atoms with Gasteiger partial charge < -0.3 is 14.8 Å². The zero-order valence-corrected chi connectivity index (χ0v) is 15.6. The van der Waals surface area contributed by atoms with Crippen molar-refractivity contribution in [2.45, 2.75) is 18.9 Å². The lowest BCUT2D eigenvalue weighted by Gasteiger charge is -2.18. The number of carbonyl (C=O) groups is 2. The van der Waals surface area contributed by atoms with Crippen LogP contribution >= 0.6 is 0 Å². The lowest BCUT2D eigenvalue weighted by Crippen LogP contribution is -2.43. The molecule has 2 rings (SSSR count). The van der Waals surface area contributed by atoms with Crippen molar-refractivity contribution in [3.8, 4) is 5.75 Å². The number of nitrogens with one attached hydrogen (secondary N) is 1. The van der Waals surface area contributed by atoms with Gasteiger partial charge in [-0.25, -0.2) is 13.6 Å². The maximum atomic E-state index is 13.7. The smallest absolute Gasteiger partial charge is 0.328 e. The van der Waals surface area contributed by atoms with Crippen LogP contribution in [0.5, 0.6) is 5.75 Å². The summed E-state index contributed by atoms with van der Waals surface area (Å²) in [5, 5.41) is 13.4. The normalized spacial score (nSPS) is 11.4. The van der Waals surface area contributed by atoms with Gasteiger partial charge in [0.2, 0.25) is 5.91 Å². The minimum atomic E-state index is -1.25. The predicted molar refractivity (Wildman–Crippen MR) is 97.4 cm³/mol. The van der Waals surface area contributed by atoms with E-state index in [1.54, 1.807) is 0 Å². The molecule has 0 aromatic heterocycles. The lowest BCUT2D eigenvalue weighted by molar-refractivity contribution is -0.384. The first-order valence-corrected chi connectivity index (χ1v) is 8.38. The number of nitro groups is 1. The fourth-order valence-corrected chi connectivity index (χ4v) is 2.70. The Morgan fingerprint density at radius 2 is 1.83 bits per heavy atom. The first-order chi connectivity index (χ1) is 13.8. The third-order valence-electron chi connectivity index (χ3n) is 4.12. The highest BCUT2D eigenvalue weighted by Crippen LogP contribution is 2.25. The van der Waals surface area contributed by atoms with E-state index >= 15 is 0 Å². The van der Waals surface area contributed by atoms with Gasteiger partial charge in [0.05, 0.1) is 25.6 Å². The minimum Gasteiger partial charge on any atom is -0.496 e. The number of esters is 1. The van der Waals surface area contributed by atoms with Crippen LogP contribution in [-0.2, 0) is 27.2 Å². The summed E-state index contributed by atoms with van der Waals surface area (Å²) in [6.07, 6.45) is -0.832. The second-order valence-corrected chi connectivity index (χ2v) is 5.98. The standard InChI is InChI=1S/C19H18F2N2O6/c1-28-17-7-6-12(23(26)27)8-11(17)9-16(19(25)29-2)22-18(24)10-13-14(20)4-3-5-15(13)21/h3-8,16H,9-10H2,1-2H3,(H,22,24)/t16-/m1/s1. The molecule has 0 unspecified atom stereocenters. The molecule has 10 heteroatoms. The average molecular weight is 408 g/mol. The quantitative estimate of drug-likeness (QED) is 0.408. The number of benzene rings is 2. The molecule has 0 radical (unpaired) electrons. The van der Waals surface area contributed by atoms with Gasteiger partial charge in [-0.1, -0.05) is 6.07 Å². The average Bonchev–Trinajstić information content (AvgIpc) is 2.69. The highest BCUT2D eigenvalue weighted by Gasteiger charge is 2.25. The summed E-state index contributed by atoms with van der Waals surface area (Å²) in [5.74, 6) is -3.18. The number of halogens is 2. The number of nitrogens with zero attached hydrogens (tertiary/aromatic N) is 1. The molecule has 0 bridgehead atoms. The van der Waals surface area contributed by atoms with E-state index in [4.69, 9.17) is 4.74 Å². The van der Waals surface area contributed by atoms with Crippen LogP contribution in [-0.4, -0.2) is 37.1 Å². The number of non-ortho nitro benzene ring substituents is 1. The summed E-state index contributed by atoms with van der Waals surface area (Å²) in [4.78, 5) is 34.8. The SMILES string of the molecule is COC(=O)[C@@H](Cc1cc([N+](=O)[O-])ccc1OC)NC(=O)Cc1c(F)cccc1F. The maximum absolute atomic E-state index is 13.7. The summed E-state index contributed by atoms with van der Waals surface area (Å²) in [7, 11) is 2.44. The van der Waals surface area contributed by atoms with E-state index in [1.165, 1.54) is 25.3 Å². The number of hydrogen-bond donors (Lipinski definition) is 1. The molecule has 0 saturated heterocycles. The lowest BCUT2D eigenvalue weighted by atomic mass is 10.0. The Labute approximate surface area is 164 Å². The zero-order valence-electron chi connectivity index (χ0n) is 15.6. The van der Waals surface area contributed by atoms with Gasteiger partial charge >= 0.3 is 5.97 Å². The van der Waals surface area contributed by atoms with E-state index in [9.17, 15) is 28.5 Å². The monoisotopic (exact) mass is 408 g/mol. The largest absolute Gasteiger partial charge is 0.496 e. The summed E-state index contributed by atoms with van der Waals surface area (Å²) in [6.45, 7) is 0. The van der Waals surface area contributed by atoms with E-state index < -0.39 is 46.5 Å². The van der Waals surface area contributed by atoms with Crippen LogP contribution in [0.25, 0.3) is 0 Å². The Morgan fingerprint density at radius 3 is 2.38 bits per heavy atom. The molecule has 0 saturated carbocycles. The minimum absolute atomic E-state index is 0.191. The number of hydrogen-bond acceptors (Lipinski definition) is 6. The summed E-state index contributed by atoms with van der Waals surface area (Å²) >= 11 is 0. The van der Waals surface area contributed by atoms with E-state index in [1.807, 2.05) is 0 Å². The fraction of sp³-hybridized carbons (Fsp3) is 0.263. The van der Waals surface area contributed by atoms with Gasteiger partial charge in [0.25, 0.3) is 5.69 Å². The van der Waals surface area contributed by atoms with Crippen molar-refractivity contribution < 1.29 is 32.8 Å². The molecule has 1 atom stereocenters.